The van der Waals surface area contributed by atoms with Gasteiger partial charge in [-0.1, -0.05) is 35.1 Å². The first-order valence-electron chi connectivity index (χ1n) is 10.5. The first-order chi connectivity index (χ1) is 16.4. The van der Waals surface area contributed by atoms with Gasteiger partial charge in [-0.2, -0.15) is 0 Å². The normalized spacial score (nSPS) is 11.0. The van der Waals surface area contributed by atoms with Crippen LogP contribution in [0.4, 0.5) is 10.8 Å². The molecule has 0 aliphatic carbocycles. The van der Waals surface area contributed by atoms with Crippen LogP contribution in [0.25, 0.3) is 27.3 Å². The van der Waals surface area contributed by atoms with Gasteiger partial charge in [0.15, 0.2) is 16.7 Å². The Bertz CT molecular complexity index is 1590. The Morgan fingerprint density at radius 2 is 1.68 bits per heavy atom. The Morgan fingerprint density at radius 1 is 0.971 bits per heavy atom. The number of aromatic nitrogens is 3. The number of fused-ring (bicyclic) bond motifs is 1. The maximum atomic E-state index is 13.6. The number of halogens is 1. The molecule has 0 spiro atoms. The van der Waals surface area contributed by atoms with Crippen LogP contribution in [0.3, 0.4) is 0 Å². The molecule has 0 atom stereocenters. The number of anilines is 2. The molecule has 0 aliphatic heterocycles. The van der Waals surface area contributed by atoms with E-state index in [0.717, 1.165) is 16.3 Å². The zero-order chi connectivity index (χ0) is 23.8. The number of carbonyl (C=O) groups is 1. The fourth-order valence-electron chi connectivity index (χ4n) is 3.68. The van der Waals surface area contributed by atoms with Gasteiger partial charge >= 0.3 is 0 Å². The number of thiazole rings is 1. The van der Waals surface area contributed by atoms with E-state index in [0.29, 0.717) is 38.1 Å². The minimum atomic E-state index is -0.184. The predicted molar refractivity (Wildman–Crippen MR) is 138 cm³/mol. The van der Waals surface area contributed by atoms with Gasteiger partial charge in [0.25, 0.3) is 5.56 Å². The summed E-state index contributed by atoms with van der Waals surface area (Å²) >= 11 is 7.40. The SMILES string of the molecule is CC(=O)c1ccc(-n2c(-c3sc(Nc4ccc(Cl)cc4)nc3C)nc3ccccc3c2=O)cc1. The zero-order valence-electron chi connectivity index (χ0n) is 18.4. The Morgan fingerprint density at radius 3 is 2.38 bits per heavy atom. The second-order valence-corrected chi connectivity index (χ2v) is 9.20. The van der Waals surface area contributed by atoms with E-state index >= 15 is 0 Å². The minimum Gasteiger partial charge on any atom is -0.332 e. The van der Waals surface area contributed by atoms with E-state index < -0.39 is 0 Å². The largest absolute Gasteiger partial charge is 0.332 e. The lowest BCUT2D eigenvalue weighted by Gasteiger charge is -2.13. The summed E-state index contributed by atoms with van der Waals surface area (Å²) in [7, 11) is 0. The summed E-state index contributed by atoms with van der Waals surface area (Å²) in [6.07, 6.45) is 0. The van der Waals surface area contributed by atoms with Gasteiger partial charge in [0.2, 0.25) is 0 Å². The van der Waals surface area contributed by atoms with Crippen LogP contribution >= 0.6 is 22.9 Å². The van der Waals surface area contributed by atoms with E-state index in [1.807, 2.05) is 37.3 Å². The van der Waals surface area contributed by atoms with Crippen molar-refractivity contribution >= 4 is 50.4 Å². The number of aryl methyl sites for hydroxylation is 1. The number of rotatable bonds is 5. The summed E-state index contributed by atoms with van der Waals surface area (Å²) in [5.74, 6) is 0.463. The third kappa shape index (κ3) is 4.11. The topological polar surface area (TPSA) is 76.9 Å². The average molecular weight is 487 g/mol. The van der Waals surface area contributed by atoms with E-state index in [4.69, 9.17) is 16.6 Å². The van der Waals surface area contributed by atoms with Crippen molar-refractivity contribution in [2.45, 2.75) is 13.8 Å². The van der Waals surface area contributed by atoms with E-state index in [1.165, 1.54) is 18.3 Å². The number of benzene rings is 3. The van der Waals surface area contributed by atoms with Gasteiger partial charge in [-0.25, -0.2) is 9.97 Å². The smallest absolute Gasteiger partial charge is 0.266 e. The van der Waals surface area contributed by atoms with Crippen molar-refractivity contribution in [1.29, 1.82) is 0 Å². The Labute approximate surface area is 204 Å². The summed E-state index contributed by atoms with van der Waals surface area (Å²) < 4.78 is 1.58. The Kier molecular flexibility index (Phi) is 5.73. The van der Waals surface area contributed by atoms with Gasteiger partial charge in [0.05, 0.1) is 27.2 Å². The summed E-state index contributed by atoms with van der Waals surface area (Å²) in [6.45, 7) is 3.41. The molecule has 0 aliphatic rings. The molecule has 5 aromatic rings. The van der Waals surface area contributed by atoms with Crippen LogP contribution < -0.4 is 10.9 Å². The van der Waals surface area contributed by atoms with Gasteiger partial charge in [-0.05, 0) is 74.5 Å². The number of hydrogen-bond donors (Lipinski definition) is 1. The van der Waals surface area contributed by atoms with Crippen LogP contribution in [0.1, 0.15) is 23.0 Å². The molecule has 1 N–H and O–H groups in total. The fraction of sp³-hybridized carbons (Fsp3) is 0.0769. The second kappa shape index (κ2) is 8.85. The van der Waals surface area contributed by atoms with Crippen LogP contribution in [-0.4, -0.2) is 20.3 Å². The van der Waals surface area contributed by atoms with Gasteiger partial charge in [0, 0.05) is 16.3 Å². The van der Waals surface area contributed by atoms with Crippen LogP contribution in [0, 0.1) is 6.92 Å². The highest BCUT2D eigenvalue weighted by Gasteiger charge is 2.19. The van der Waals surface area contributed by atoms with Crippen molar-refractivity contribution in [2.24, 2.45) is 0 Å². The Hall–Kier alpha value is -3.81. The highest BCUT2D eigenvalue weighted by Crippen LogP contribution is 2.34. The van der Waals surface area contributed by atoms with Crippen molar-refractivity contribution in [3.63, 3.8) is 0 Å². The summed E-state index contributed by atoms with van der Waals surface area (Å²) in [4.78, 5) is 35.6. The minimum absolute atomic E-state index is 0.0352. The molecule has 34 heavy (non-hydrogen) atoms. The first kappa shape index (κ1) is 22.0. The number of para-hydroxylation sites is 1. The molecule has 6 nitrogen and oxygen atoms in total. The van der Waals surface area contributed by atoms with Crippen LogP contribution in [0.5, 0.6) is 0 Å². The molecule has 0 saturated heterocycles. The van der Waals surface area contributed by atoms with Crippen molar-refractivity contribution in [1.82, 2.24) is 14.5 Å². The highest BCUT2D eigenvalue weighted by molar-refractivity contribution is 7.19. The lowest BCUT2D eigenvalue weighted by Crippen LogP contribution is -2.22. The molecule has 0 fully saturated rings. The van der Waals surface area contributed by atoms with E-state index in [2.05, 4.69) is 10.3 Å². The van der Waals surface area contributed by atoms with E-state index in [-0.39, 0.29) is 11.3 Å². The molecule has 0 saturated carbocycles. The maximum Gasteiger partial charge on any atom is 0.266 e. The van der Waals surface area contributed by atoms with Crippen LogP contribution in [0.2, 0.25) is 5.02 Å². The maximum absolute atomic E-state index is 13.6. The van der Waals surface area contributed by atoms with Crippen LogP contribution in [-0.2, 0) is 0 Å². The van der Waals surface area contributed by atoms with E-state index in [9.17, 15) is 9.59 Å². The molecule has 2 aromatic heterocycles. The molecule has 8 heteroatoms. The third-order valence-electron chi connectivity index (χ3n) is 5.40. The standard InChI is InChI=1S/C26H19ClN4O2S/c1-15-23(34-26(28-15)29-19-11-9-18(27)10-12-19)24-30-22-6-4-3-5-21(22)25(33)31(24)20-13-7-17(8-14-20)16(2)32/h3-14H,1-2H3,(H,28,29). The molecule has 0 unspecified atom stereocenters. The zero-order valence-corrected chi connectivity index (χ0v) is 19.9. The molecule has 0 radical (unpaired) electrons. The molecule has 2 heterocycles. The monoisotopic (exact) mass is 486 g/mol. The molecule has 0 amide bonds. The molecular weight excluding hydrogens is 468 g/mol. The van der Waals surface area contributed by atoms with Crippen molar-refractivity contribution in [2.75, 3.05) is 5.32 Å². The number of carbonyl (C=O) groups excluding carboxylic acids is 1. The fourth-order valence-corrected chi connectivity index (χ4v) is 4.78. The number of nitrogens with one attached hydrogen (secondary N) is 1. The second-order valence-electron chi connectivity index (χ2n) is 7.76. The Balaban J connectivity index is 1.68. The quantitative estimate of drug-likeness (QED) is 0.290. The average Bonchev–Trinajstić information content (AvgIpc) is 3.20. The molecule has 3 aromatic carbocycles. The summed E-state index contributed by atoms with van der Waals surface area (Å²) in [5, 5.41) is 5.14. The predicted octanol–water partition coefficient (Wildman–Crippen LogP) is 6.42. The van der Waals surface area contributed by atoms with Gasteiger partial charge in [0.1, 0.15) is 0 Å². The lowest BCUT2D eigenvalue weighted by molar-refractivity contribution is 0.101. The summed E-state index contributed by atoms with van der Waals surface area (Å²) in [6, 6.07) is 21.6. The molecule has 5 rings (SSSR count). The molecule has 0 bridgehead atoms. The number of Topliss-reactive ketones (excluding diaryl/α,β-unsaturated/α-hetero) is 1. The molecular formula is C26H19ClN4O2S. The number of ketones is 1. The van der Waals surface area contributed by atoms with Crippen molar-refractivity contribution < 1.29 is 4.79 Å². The number of nitrogens with zero attached hydrogens (tertiary/aromatic N) is 3. The first-order valence-corrected chi connectivity index (χ1v) is 11.7. The number of hydrogen-bond acceptors (Lipinski definition) is 6. The molecule has 168 valence electrons. The third-order valence-corrected chi connectivity index (χ3v) is 6.72. The summed E-state index contributed by atoms with van der Waals surface area (Å²) in [5.41, 5.74) is 3.24. The van der Waals surface area contributed by atoms with E-state index in [1.54, 1.807) is 47.0 Å². The van der Waals surface area contributed by atoms with Crippen molar-refractivity contribution in [3.05, 3.63) is 99.4 Å². The van der Waals surface area contributed by atoms with Crippen LogP contribution in [0.15, 0.2) is 77.6 Å². The lowest BCUT2D eigenvalue weighted by atomic mass is 10.1. The van der Waals surface area contributed by atoms with Gasteiger partial charge in [-0.15, -0.1) is 0 Å². The highest BCUT2D eigenvalue weighted by atomic mass is 35.5. The van der Waals surface area contributed by atoms with Crippen molar-refractivity contribution in [3.8, 4) is 16.4 Å². The van der Waals surface area contributed by atoms with Gasteiger partial charge < -0.3 is 5.32 Å². The van der Waals surface area contributed by atoms with Gasteiger partial charge in [-0.3, -0.25) is 14.2 Å².